The third-order valence-electron chi connectivity index (χ3n) is 8.89. The van der Waals surface area contributed by atoms with E-state index in [9.17, 15) is 18.0 Å². The molecule has 1 amide bonds. The first-order valence-electron chi connectivity index (χ1n) is 16.2. The Balaban J connectivity index is 1.14. The van der Waals surface area contributed by atoms with Crippen LogP contribution in [0, 0.1) is 13.8 Å². The van der Waals surface area contributed by atoms with E-state index in [0.717, 1.165) is 37.7 Å². The van der Waals surface area contributed by atoms with E-state index in [0.29, 0.717) is 60.8 Å². The number of carbonyl (C=O) groups is 1. The number of alkyl halides is 3. The van der Waals surface area contributed by atoms with Gasteiger partial charge in [-0.15, -0.1) is 0 Å². The molecule has 51 heavy (non-hydrogen) atoms. The molecule has 0 spiro atoms. The largest absolute Gasteiger partial charge is 0.492 e. The SMILES string of the molecule is C=CC(=O)N1CCN(c2nc(NCCOc3ccc(-n4ncc(C)c4C(F)(F)F)cc3)nc3cc(-c4c(C)ccc5[nH]ncc45)c(Cl)cc23)CC1. The second kappa shape index (κ2) is 13.6. The number of nitrogens with zero attached hydrogens (tertiary/aromatic N) is 7. The fraction of sp³-hybridized carbons (Fsp3) is 0.250. The van der Waals surface area contributed by atoms with Crippen molar-refractivity contribution in [1.82, 2.24) is 34.8 Å². The molecular weight excluding hydrogens is 683 g/mol. The Hall–Kier alpha value is -5.63. The lowest BCUT2D eigenvalue weighted by atomic mass is 9.96. The number of ether oxygens (including phenoxy) is 1. The van der Waals surface area contributed by atoms with Crippen LogP contribution < -0.4 is 15.0 Å². The summed E-state index contributed by atoms with van der Waals surface area (Å²) in [4.78, 5) is 25.9. The molecule has 0 aliphatic carbocycles. The summed E-state index contributed by atoms with van der Waals surface area (Å²) in [6.07, 6.45) is -0.237. The number of aryl methyl sites for hydroxylation is 2. The van der Waals surface area contributed by atoms with Crippen molar-refractivity contribution in [3.63, 3.8) is 0 Å². The zero-order chi connectivity index (χ0) is 35.9. The highest BCUT2D eigenvalue weighted by molar-refractivity contribution is 6.35. The third kappa shape index (κ3) is 6.66. The van der Waals surface area contributed by atoms with Gasteiger partial charge in [0.2, 0.25) is 11.9 Å². The molecule has 4 heterocycles. The first kappa shape index (κ1) is 33.8. The van der Waals surface area contributed by atoms with Gasteiger partial charge in [0.15, 0.2) is 5.69 Å². The number of amides is 1. The Kier molecular flexibility index (Phi) is 9.02. The minimum atomic E-state index is -4.54. The van der Waals surface area contributed by atoms with Crippen LogP contribution in [-0.4, -0.2) is 80.1 Å². The van der Waals surface area contributed by atoms with Crippen molar-refractivity contribution in [3.8, 4) is 22.6 Å². The van der Waals surface area contributed by atoms with Crippen LogP contribution in [-0.2, 0) is 11.0 Å². The molecule has 11 nitrogen and oxygen atoms in total. The second-order valence-electron chi connectivity index (χ2n) is 12.2. The van der Waals surface area contributed by atoms with E-state index in [-0.39, 0.29) is 23.8 Å². The predicted molar refractivity (Wildman–Crippen MR) is 191 cm³/mol. The van der Waals surface area contributed by atoms with E-state index in [2.05, 4.69) is 32.1 Å². The van der Waals surface area contributed by atoms with Crippen LogP contribution in [0.4, 0.5) is 24.9 Å². The Morgan fingerprint density at radius 2 is 1.78 bits per heavy atom. The van der Waals surface area contributed by atoms with Crippen molar-refractivity contribution in [1.29, 1.82) is 0 Å². The van der Waals surface area contributed by atoms with E-state index in [1.807, 2.05) is 31.2 Å². The first-order chi connectivity index (χ1) is 24.5. The van der Waals surface area contributed by atoms with Crippen LogP contribution in [0.25, 0.3) is 38.6 Å². The molecule has 3 aromatic heterocycles. The van der Waals surface area contributed by atoms with Crippen LogP contribution in [0.15, 0.2) is 73.6 Å². The van der Waals surface area contributed by atoms with Crippen LogP contribution in [0.2, 0.25) is 5.02 Å². The fourth-order valence-electron chi connectivity index (χ4n) is 6.38. The lowest BCUT2D eigenvalue weighted by Crippen LogP contribution is -2.48. The summed E-state index contributed by atoms with van der Waals surface area (Å²) in [6.45, 7) is 9.70. The minimum Gasteiger partial charge on any atom is -0.492 e. The lowest BCUT2D eigenvalue weighted by molar-refractivity contribution is -0.143. The van der Waals surface area contributed by atoms with Gasteiger partial charge in [-0.2, -0.15) is 28.4 Å². The number of halogens is 4. The maximum atomic E-state index is 13.6. The number of rotatable bonds is 9. The van der Waals surface area contributed by atoms with Crippen molar-refractivity contribution >= 4 is 51.1 Å². The van der Waals surface area contributed by atoms with Gasteiger partial charge in [-0.3, -0.25) is 9.89 Å². The summed E-state index contributed by atoms with van der Waals surface area (Å²) in [5, 5.41) is 16.7. The number of aromatic amines is 1. The maximum Gasteiger partial charge on any atom is 0.433 e. The number of anilines is 2. The maximum absolute atomic E-state index is 13.6. The average molecular weight is 716 g/mol. The molecule has 3 aromatic carbocycles. The molecule has 7 rings (SSSR count). The smallest absolute Gasteiger partial charge is 0.433 e. The Morgan fingerprint density at radius 3 is 2.51 bits per heavy atom. The van der Waals surface area contributed by atoms with Crippen molar-refractivity contribution < 1.29 is 22.7 Å². The van der Waals surface area contributed by atoms with Gasteiger partial charge < -0.3 is 19.9 Å². The van der Waals surface area contributed by atoms with Crippen LogP contribution in [0.1, 0.15) is 16.8 Å². The van der Waals surface area contributed by atoms with Crippen LogP contribution in [0.5, 0.6) is 5.75 Å². The molecule has 0 radical (unpaired) electrons. The Labute approximate surface area is 295 Å². The summed E-state index contributed by atoms with van der Waals surface area (Å²) in [5.74, 6) is 1.43. The van der Waals surface area contributed by atoms with E-state index in [1.165, 1.54) is 31.3 Å². The number of hydrogen-bond donors (Lipinski definition) is 2. The summed E-state index contributed by atoms with van der Waals surface area (Å²) in [7, 11) is 0. The normalized spacial score (nSPS) is 13.6. The zero-order valence-corrected chi connectivity index (χ0v) is 28.5. The highest BCUT2D eigenvalue weighted by Gasteiger charge is 2.37. The van der Waals surface area contributed by atoms with E-state index < -0.39 is 11.9 Å². The number of fused-ring (bicyclic) bond motifs is 2. The molecule has 1 fully saturated rings. The number of piperazine rings is 1. The number of H-pyrrole nitrogens is 1. The van der Waals surface area contributed by atoms with Crippen molar-refractivity contribution in [2.45, 2.75) is 20.0 Å². The molecule has 2 N–H and O–H groups in total. The van der Waals surface area contributed by atoms with Crippen molar-refractivity contribution in [3.05, 3.63) is 95.4 Å². The lowest BCUT2D eigenvalue weighted by Gasteiger charge is -2.35. The zero-order valence-electron chi connectivity index (χ0n) is 27.8. The molecule has 0 bridgehead atoms. The highest BCUT2D eigenvalue weighted by Crippen LogP contribution is 2.40. The third-order valence-corrected chi connectivity index (χ3v) is 9.20. The van der Waals surface area contributed by atoms with Gasteiger partial charge in [0, 0.05) is 47.5 Å². The second-order valence-corrected chi connectivity index (χ2v) is 12.6. The van der Waals surface area contributed by atoms with Gasteiger partial charge in [-0.25, -0.2) is 9.67 Å². The number of benzene rings is 3. The van der Waals surface area contributed by atoms with Crippen molar-refractivity contribution in [2.75, 3.05) is 49.5 Å². The first-order valence-corrected chi connectivity index (χ1v) is 16.6. The Morgan fingerprint density at radius 1 is 1.02 bits per heavy atom. The number of nitrogens with one attached hydrogen (secondary N) is 2. The predicted octanol–water partition coefficient (Wildman–Crippen LogP) is 6.97. The molecule has 1 aliphatic rings. The molecule has 6 aromatic rings. The summed E-state index contributed by atoms with van der Waals surface area (Å²) < 4.78 is 47.5. The van der Waals surface area contributed by atoms with E-state index >= 15 is 0 Å². The molecule has 15 heteroatoms. The number of hydrogen-bond acceptors (Lipinski definition) is 8. The number of carbonyl (C=O) groups excluding carboxylic acids is 1. The standard InChI is InChI=1S/C36H33ClF3N9O2/c1-4-31(50)47-12-14-48(15-13-47)34-26-17-28(37)25(32-21(2)5-10-29-27(32)20-42-46-29)18-30(26)44-35(45-34)41-11-16-51-24-8-6-23(7-9-24)49-33(36(38,39)40)22(3)19-43-49/h4-10,17-20H,1,11-16H2,2-3H3,(H,42,46)(H,41,44,45). The van der Waals surface area contributed by atoms with Gasteiger partial charge in [-0.1, -0.05) is 24.2 Å². The van der Waals surface area contributed by atoms with Gasteiger partial charge >= 0.3 is 6.18 Å². The summed E-state index contributed by atoms with van der Waals surface area (Å²) in [5.41, 5.74) is 3.86. The molecular formula is C36H33ClF3N9O2. The van der Waals surface area contributed by atoms with Gasteiger partial charge in [0.25, 0.3) is 0 Å². The van der Waals surface area contributed by atoms with Crippen molar-refractivity contribution in [2.24, 2.45) is 0 Å². The molecule has 0 atom stereocenters. The van der Waals surface area contributed by atoms with Crippen LogP contribution in [0.3, 0.4) is 0 Å². The quantitative estimate of drug-likeness (QED) is 0.122. The fourth-order valence-corrected chi connectivity index (χ4v) is 6.64. The number of aromatic nitrogens is 6. The summed E-state index contributed by atoms with van der Waals surface area (Å²) in [6, 6.07) is 14.1. The molecule has 1 saturated heterocycles. The van der Waals surface area contributed by atoms with Gasteiger partial charge in [0.05, 0.1) is 35.7 Å². The molecule has 0 saturated carbocycles. The molecule has 262 valence electrons. The summed E-state index contributed by atoms with van der Waals surface area (Å²) >= 11 is 6.99. The molecule has 0 unspecified atom stereocenters. The highest BCUT2D eigenvalue weighted by atomic mass is 35.5. The van der Waals surface area contributed by atoms with Gasteiger partial charge in [0.1, 0.15) is 18.2 Å². The topological polar surface area (TPSA) is 117 Å². The van der Waals surface area contributed by atoms with E-state index in [1.54, 1.807) is 23.2 Å². The average Bonchev–Trinajstić information content (AvgIpc) is 3.76. The van der Waals surface area contributed by atoms with Gasteiger partial charge in [-0.05, 0) is 79.1 Å². The van der Waals surface area contributed by atoms with Crippen LogP contribution >= 0.6 is 11.6 Å². The molecule has 1 aliphatic heterocycles. The van der Waals surface area contributed by atoms with E-state index in [4.69, 9.17) is 26.3 Å². The minimum absolute atomic E-state index is 0.0442. The Bertz CT molecular complexity index is 2260. The monoisotopic (exact) mass is 715 g/mol.